The lowest BCUT2D eigenvalue weighted by molar-refractivity contribution is -0.263. The topological polar surface area (TPSA) is 61.8 Å². The van der Waals surface area contributed by atoms with Crippen molar-refractivity contribution in [1.29, 1.82) is 0 Å². The van der Waals surface area contributed by atoms with Gasteiger partial charge < -0.3 is 15.2 Å². The highest BCUT2D eigenvalue weighted by atomic mass is 16.5. The van der Waals surface area contributed by atoms with E-state index >= 15 is 0 Å². The van der Waals surface area contributed by atoms with Crippen molar-refractivity contribution in [2.75, 3.05) is 19.7 Å². The number of ether oxygens (including phenoxy) is 1. The van der Waals surface area contributed by atoms with Gasteiger partial charge in [0.15, 0.2) is 0 Å². The summed E-state index contributed by atoms with van der Waals surface area (Å²) < 4.78 is 6.93. The van der Waals surface area contributed by atoms with E-state index in [1.807, 2.05) is 32.9 Å². The Morgan fingerprint density at radius 3 is 2.74 bits per heavy atom. The minimum atomic E-state index is -0.419. The van der Waals surface area contributed by atoms with Crippen molar-refractivity contribution in [3.63, 3.8) is 0 Å². The number of nitrogens with one attached hydrogen (secondary N) is 1. The Bertz CT molecular complexity index is 923. The minimum Gasteiger partial charge on any atom is -0.508 e. The SMILES string of the molecule is CC(C)(C)C(=O)NC12CC[C@@]3(OC1)[C@H]1Cc4ccc(O)cc4C3(CCN1CC1CC1)C2. The number of phenolic OH excluding ortho intramolecular Hbond substituents is 1. The number of hydrogen-bond donors (Lipinski definition) is 2. The second kappa shape index (κ2) is 6.26. The van der Waals surface area contributed by atoms with Gasteiger partial charge in [-0.1, -0.05) is 26.8 Å². The molecule has 2 saturated carbocycles. The molecule has 5 fully saturated rings. The molecule has 4 bridgehead atoms. The van der Waals surface area contributed by atoms with E-state index in [4.69, 9.17) is 4.74 Å². The molecule has 0 radical (unpaired) electrons. The number of carbonyl (C=O) groups is 1. The zero-order valence-electron chi connectivity index (χ0n) is 19.2. The van der Waals surface area contributed by atoms with Crippen molar-refractivity contribution in [2.45, 2.75) is 88.3 Å². The first-order valence-corrected chi connectivity index (χ1v) is 12.2. The average molecular weight is 425 g/mol. The third-order valence-corrected chi connectivity index (χ3v) is 9.11. The van der Waals surface area contributed by atoms with Crippen LogP contribution in [0, 0.1) is 11.3 Å². The van der Waals surface area contributed by atoms with E-state index in [0.29, 0.717) is 18.4 Å². The molecule has 2 unspecified atom stereocenters. The van der Waals surface area contributed by atoms with Crippen LogP contribution in [0.4, 0.5) is 0 Å². The first-order valence-electron chi connectivity index (χ1n) is 12.2. The molecular weight excluding hydrogens is 388 g/mol. The number of aromatic hydroxyl groups is 1. The van der Waals surface area contributed by atoms with E-state index < -0.39 is 5.41 Å². The van der Waals surface area contributed by atoms with Gasteiger partial charge >= 0.3 is 0 Å². The van der Waals surface area contributed by atoms with Gasteiger partial charge in [0.2, 0.25) is 5.91 Å². The maximum absolute atomic E-state index is 13.0. The van der Waals surface area contributed by atoms with Crippen LogP contribution in [0.3, 0.4) is 0 Å². The first kappa shape index (κ1) is 20.0. The number of amides is 1. The van der Waals surface area contributed by atoms with Crippen LogP contribution in [0.2, 0.25) is 0 Å². The predicted molar refractivity (Wildman–Crippen MR) is 119 cm³/mol. The van der Waals surface area contributed by atoms with Gasteiger partial charge in [-0.3, -0.25) is 9.69 Å². The lowest BCUT2D eigenvalue weighted by Gasteiger charge is -2.71. The van der Waals surface area contributed by atoms with Crippen LogP contribution >= 0.6 is 0 Å². The van der Waals surface area contributed by atoms with E-state index in [0.717, 1.165) is 44.6 Å². The van der Waals surface area contributed by atoms with Gasteiger partial charge in [-0.15, -0.1) is 0 Å². The second-order valence-electron chi connectivity index (χ2n) is 12.2. The zero-order chi connectivity index (χ0) is 21.6. The van der Waals surface area contributed by atoms with Crippen LogP contribution in [-0.4, -0.2) is 52.8 Å². The van der Waals surface area contributed by atoms with Gasteiger partial charge in [0.25, 0.3) is 0 Å². The molecule has 6 aliphatic rings. The highest BCUT2D eigenvalue weighted by Gasteiger charge is 2.71. The van der Waals surface area contributed by atoms with Crippen molar-refractivity contribution in [3.05, 3.63) is 29.3 Å². The number of hydrogen-bond acceptors (Lipinski definition) is 4. The molecular formula is C26H36N2O3. The number of likely N-dealkylation sites (tertiary alicyclic amines) is 1. The number of phenols is 1. The highest BCUT2D eigenvalue weighted by Crippen LogP contribution is 2.65. The first-order chi connectivity index (χ1) is 14.7. The number of fused-ring (bicyclic) bond motifs is 3. The van der Waals surface area contributed by atoms with Crippen molar-refractivity contribution in [3.8, 4) is 5.75 Å². The fourth-order valence-corrected chi connectivity index (χ4v) is 7.32. The average Bonchev–Trinajstić information content (AvgIpc) is 3.54. The third-order valence-electron chi connectivity index (χ3n) is 9.11. The normalized spacial score (nSPS) is 39.0. The van der Waals surface area contributed by atoms with Gasteiger partial charge in [-0.25, -0.2) is 0 Å². The molecule has 5 nitrogen and oxygen atoms in total. The molecule has 3 aliphatic carbocycles. The summed E-state index contributed by atoms with van der Waals surface area (Å²) >= 11 is 0. The summed E-state index contributed by atoms with van der Waals surface area (Å²) in [6.45, 7) is 8.84. The van der Waals surface area contributed by atoms with Crippen LogP contribution in [0.1, 0.15) is 70.4 Å². The molecule has 3 heterocycles. The number of rotatable bonds is 3. The Morgan fingerprint density at radius 2 is 2.06 bits per heavy atom. The Morgan fingerprint density at radius 1 is 1.26 bits per heavy atom. The molecule has 31 heavy (non-hydrogen) atoms. The Labute approximate surface area is 185 Å². The summed E-state index contributed by atoms with van der Waals surface area (Å²) in [6, 6.07) is 6.38. The lowest BCUT2D eigenvalue weighted by Crippen LogP contribution is -2.81. The predicted octanol–water partition coefficient (Wildman–Crippen LogP) is 3.52. The van der Waals surface area contributed by atoms with E-state index in [9.17, 15) is 9.90 Å². The van der Waals surface area contributed by atoms with E-state index in [1.165, 1.54) is 30.5 Å². The van der Waals surface area contributed by atoms with Crippen molar-refractivity contribution >= 4 is 5.91 Å². The number of benzene rings is 1. The van der Waals surface area contributed by atoms with Gasteiger partial charge in [0, 0.05) is 23.4 Å². The maximum atomic E-state index is 13.0. The highest BCUT2D eigenvalue weighted by molar-refractivity contribution is 5.82. The Kier molecular flexibility index (Phi) is 4.05. The summed E-state index contributed by atoms with van der Waals surface area (Å²) in [7, 11) is 0. The molecule has 3 aliphatic heterocycles. The van der Waals surface area contributed by atoms with E-state index in [1.54, 1.807) is 0 Å². The molecule has 7 rings (SSSR count). The quantitative estimate of drug-likeness (QED) is 0.779. The fourth-order valence-electron chi connectivity index (χ4n) is 7.32. The largest absolute Gasteiger partial charge is 0.508 e. The molecule has 5 heteroatoms. The molecule has 3 saturated heterocycles. The molecule has 1 aromatic carbocycles. The molecule has 2 N–H and O–H groups in total. The van der Waals surface area contributed by atoms with Crippen molar-refractivity contribution in [1.82, 2.24) is 10.2 Å². The summed E-state index contributed by atoms with van der Waals surface area (Å²) in [6.07, 6.45) is 7.68. The molecule has 1 spiro atoms. The Hall–Kier alpha value is -1.59. The minimum absolute atomic E-state index is 0.108. The van der Waals surface area contributed by atoms with E-state index in [2.05, 4.69) is 16.3 Å². The van der Waals surface area contributed by atoms with Crippen LogP contribution in [0.25, 0.3) is 0 Å². The van der Waals surface area contributed by atoms with Gasteiger partial charge in [-0.05, 0) is 80.7 Å². The van der Waals surface area contributed by atoms with Crippen LogP contribution in [-0.2, 0) is 21.4 Å². The Balaban J connectivity index is 1.44. The van der Waals surface area contributed by atoms with E-state index in [-0.39, 0.29) is 22.5 Å². The summed E-state index contributed by atoms with van der Waals surface area (Å²) in [5, 5.41) is 13.9. The molecule has 1 aromatic rings. The summed E-state index contributed by atoms with van der Waals surface area (Å²) in [5.41, 5.74) is 1.58. The summed E-state index contributed by atoms with van der Waals surface area (Å²) in [4.78, 5) is 15.7. The van der Waals surface area contributed by atoms with Crippen LogP contribution < -0.4 is 5.32 Å². The molecule has 1 amide bonds. The number of nitrogens with zero attached hydrogens (tertiary/aromatic N) is 1. The summed E-state index contributed by atoms with van der Waals surface area (Å²) in [5.74, 6) is 1.32. The standard InChI is InChI=1S/C26H36N2O3/c1-23(2,3)22(30)27-24-8-9-26(31-16-24)21-12-18-6-7-19(29)13-20(18)25(26,15-24)10-11-28(21)14-17-4-5-17/h6-7,13,17,21,29H,4-5,8-12,14-16H2,1-3H3,(H,27,30)/t21-,24?,25?,26-/m1/s1. The van der Waals surface area contributed by atoms with Gasteiger partial charge in [-0.2, -0.15) is 0 Å². The van der Waals surface area contributed by atoms with Crippen LogP contribution in [0.5, 0.6) is 5.75 Å². The number of carbonyl (C=O) groups excluding carboxylic acids is 1. The smallest absolute Gasteiger partial charge is 0.225 e. The monoisotopic (exact) mass is 424 g/mol. The number of piperidine rings is 1. The second-order valence-corrected chi connectivity index (χ2v) is 12.2. The zero-order valence-corrected chi connectivity index (χ0v) is 19.2. The third kappa shape index (κ3) is 2.78. The molecule has 168 valence electrons. The van der Waals surface area contributed by atoms with Gasteiger partial charge in [0.05, 0.1) is 17.7 Å². The molecule has 0 aromatic heterocycles. The fraction of sp³-hybridized carbons (Fsp3) is 0.731. The van der Waals surface area contributed by atoms with Crippen LogP contribution in [0.15, 0.2) is 18.2 Å². The van der Waals surface area contributed by atoms with Crippen molar-refractivity contribution in [2.24, 2.45) is 11.3 Å². The lowest BCUT2D eigenvalue weighted by atomic mass is 9.45. The molecule has 4 atom stereocenters. The van der Waals surface area contributed by atoms with Crippen molar-refractivity contribution < 1.29 is 14.6 Å². The van der Waals surface area contributed by atoms with Gasteiger partial charge in [0.1, 0.15) is 5.75 Å². The maximum Gasteiger partial charge on any atom is 0.225 e.